The third-order valence-corrected chi connectivity index (χ3v) is 2.61. The third kappa shape index (κ3) is 1.46. The molecule has 0 spiro atoms. The number of rotatable bonds is 1. The maximum absolute atomic E-state index is 2.34. The van der Waals surface area contributed by atoms with E-state index < -0.39 is 0 Å². The molecule has 1 heteroatoms. The van der Waals surface area contributed by atoms with Crippen molar-refractivity contribution in [3.63, 3.8) is 0 Å². The molecular weight excluding hydrogens is 158 g/mol. The monoisotopic (exact) mass is 173 g/mol. The molecule has 1 aromatic carbocycles. The number of nitrogens with zero attached hydrogens (tertiary/aromatic N) is 1. The average molecular weight is 173 g/mol. The van der Waals surface area contributed by atoms with E-state index in [0.717, 1.165) is 6.42 Å². The van der Waals surface area contributed by atoms with Crippen LogP contribution in [0.15, 0.2) is 36.5 Å². The summed E-state index contributed by atoms with van der Waals surface area (Å²) in [6.45, 7) is 4.42. The summed E-state index contributed by atoms with van der Waals surface area (Å²) in [4.78, 5) is 2.34. The highest BCUT2D eigenvalue weighted by Gasteiger charge is 2.16. The van der Waals surface area contributed by atoms with E-state index in [-0.39, 0.29) is 0 Å². The molecule has 2 rings (SSSR count). The van der Waals surface area contributed by atoms with E-state index >= 15 is 0 Å². The van der Waals surface area contributed by atoms with Gasteiger partial charge >= 0.3 is 0 Å². The molecule has 1 aliphatic heterocycles. The Morgan fingerprint density at radius 1 is 1.31 bits per heavy atom. The van der Waals surface area contributed by atoms with E-state index in [1.165, 1.54) is 11.3 Å². The minimum atomic E-state index is 0.612. The van der Waals surface area contributed by atoms with Gasteiger partial charge in [0.2, 0.25) is 0 Å². The Bertz CT molecular complexity index is 328. The zero-order chi connectivity index (χ0) is 9.26. The molecule has 68 valence electrons. The summed E-state index contributed by atoms with van der Waals surface area (Å²) < 4.78 is 0. The summed E-state index contributed by atoms with van der Waals surface area (Å²) >= 11 is 0. The smallest absolute Gasteiger partial charge is 0.0438 e. The first-order chi connectivity index (χ1) is 6.29. The summed E-state index contributed by atoms with van der Waals surface area (Å²) in [6.07, 6.45) is 5.58. The van der Waals surface area contributed by atoms with Crippen LogP contribution in [-0.4, -0.2) is 6.04 Å². The van der Waals surface area contributed by atoms with E-state index in [1.807, 2.05) is 0 Å². The van der Waals surface area contributed by atoms with Crippen molar-refractivity contribution in [2.75, 3.05) is 4.90 Å². The first kappa shape index (κ1) is 8.36. The van der Waals surface area contributed by atoms with Crippen molar-refractivity contribution < 1.29 is 0 Å². The standard InChI is InChI=1S/C12H15N/c1-10-6-3-4-8-12(10)13-9-5-7-11(13)2/h3-6,8-9,11H,7H2,1-2H3/t11-/m1/s1. The number of hydrogen-bond acceptors (Lipinski definition) is 1. The largest absolute Gasteiger partial charge is 0.345 e. The van der Waals surface area contributed by atoms with Gasteiger partial charge in [0.15, 0.2) is 0 Å². The topological polar surface area (TPSA) is 3.24 Å². The van der Waals surface area contributed by atoms with Gasteiger partial charge in [-0.3, -0.25) is 0 Å². The number of hydrogen-bond donors (Lipinski definition) is 0. The molecule has 0 amide bonds. The van der Waals surface area contributed by atoms with Gasteiger partial charge < -0.3 is 4.90 Å². The van der Waals surface area contributed by atoms with Crippen LogP contribution in [0.4, 0.5) is 5.69 Å². The Kier molecular flexibility index (Phi) is 2.09. The summed E-state index contributed by atoms with van der Waals surface area (Å²) in [7, 11) is 0. The maximum atomic E-state index is 2.34. The minimum Gasteiger partial charge on any atom is -0.345 e. The lowest BCUT2D eigenvalue weighted by Crippen LogP contribution is -2.23. The fourth-order valence-electron chi connectivity index (χ4n) is 1.80. The van der Waals surface area contributed by atoms with Crippen molar-refractivity contribution in [2.24, 2.45) is 0 Å². The third-order valence-electron chi connectivity index (χ3n) is 2.61. The molecule has 1 nitrogen and oxygen atoms in total. The molecule has 1 atom stereocenters. The zero-order valence-electron chi connectivity index (χ0n) is 8.20. The molecule has 13 heavy (non-hydrogen) atoms. The van der Waals surface area contributed by atoms with Crippen LogP contribution in [-0.2, 0) is 0 Å². The van der Waals surface area contributed by atoms with E-state index in [4.69, 9.17) is 0 Å². The molecule has 0 radical (unpaired) electrons. The summed E-state index contributed by atoms with van der Waals surface area (Å²) in [5.41, 5.74) is 2.68. The second-order valence-corrected chi connectivity index (χ2v) is 3.66. The van der Waals surface area contributed by atoms with E-state index in [1.54, 1.807) is 0 Å². The molecule has 0 bridgehead atoms. The Balaban J connectivity index is 2.35. The van der Waals surface area contributed by atoms with Crippen LogP contribution in [0.3, 0.4) is 0 Å². The van der Waals surface area contributed by atoms with Crippen LogP contribution in [0.25, 0.3) is 0 Å². The van der Waals surface area contributed by atoms with Gasteiger partial charge in [-0.25, -0.2) is 0 Å². The molecule has 0 aromatic heterocycles. The first-order valence-corrected chi connectivity index (χ1v) is 4.79. The van der Waals surface area contributed by atoms with Crippen molar-refractivity contribution in [2.45, 2.75) is 26.3 Å². The van der Waals surface area contributed by atoms with Crippen LogP contribution >= 0.6 is 0 Å². The molecule has 0 N–H and O–H groups in total. The maximum Gasteiger partial charge on any atom is 0.0438 e. The lowest BCUT2D eigenvalue weighted by Gasteiger charge is -2.24. The van der Waals surface area contributed by atoms with Crippen LogP contribution in [0, 0.1) is 6.92 Å². The van der Waals surface area contributed by atoms with Gasteiger partial charge in [-0.1, -0.05) is 24.3 Å². The van der Waals surface area contributed by atoms with Crippen molar-refractivity contribution in [1.82, 2.24) is 0 Å². The molecular formula is C12H15N. The molecule has 0 saturated heterocycles. The first-order valence-electron chi connectivity index (χ1n) is 4.79. The van der Waals surface area contributed by atoms with E-state index in [9.17, 15) is 0 Å². The molecule has 1 aromatic rings. The predicted molar refractivity (Wildman–Crippen MR) is 56.9 cm³/mol. The summed E-state index contributed by atoms with van der Waals surface area (Å²) in [5.74, 6) is 0. The Labute approximate surface area is 79.7 Å². The Morgan fingerprint density at radius 2 is 2.08 bits per heavy atom. The van der Waals surface area contributed by atoms with Crippen molar-refractivity contribution >= 4 is 5.69 Å². The summed E-state index contributed by atoms with van der Waals surface area (Å²) in [5, 5.41) is 0. The fraction of sp³-hybridized carbons (Fsp3) is 0.333. The van der Waals surface area contributed by atoms with Gasteiger partial charge in [-0.2, -0.15) is 0 Å². The highest BCUT2D eigenvalue weighted by Crippen LogP contribution is 2.26. The van der Waals surface area contributed by atoms with Gasteiger partial charge in [-0.15, -0.1) is 0 Å². The zero-order valence-corrected chi connectivity index (χ0v) is 8.20. The van der Waals surface area contributed by atoms with Gasteiger partial charge in [0.25, 0.3) is 0 Å². The van der Waals surface area contributed by atoms with Crippen LogP contribution in [0.5, 0.6) is 0 Å². The number of anilines is 1. The Hall–Kier alpha value is -1.24. The Morgan fingerprint density at radius 3 is 2.69 bits per heavy atom. The molecule has 0 fully saturated rings. The molecule has 0 unspecified atom stereocenters. The molecule has 0 aliphatic carbocycles. The minimum absolute atomic E-state index is 0.612. The number of para-hydroxylation sites is 1. The summed E-state index contributed by atoms with van der Waals surface area (Å²) in [6, 6.07) is 9.14. The highest BCUT2D eigenvalue weighted by atomic mass is 15.2. The lowest BCUT2D eigenvalue weighted by atomic mass is 10.1. The van der Waals surface area contributed by atoms with Crippen LogP contribution in [0.2, 0.25) is 0 Å². The lowest BCUT2D eigenvalue weighted by molar-refractivity contribution is 0.758. The molecule has 1 aliphatic rings. The number of benzene rings is 1. The van der Waals surface area contributed by atoms with Gasteiger partial charge in [0, 0.05) is 17.9 Å². The van der Waals surface area contributed by atoms with Crippen molar-refractivity contribution in [3.05, 3.63) is 42.1 Å². The van der Waals surface area contributed by atoms with Crippen molar-refractivity contribution in [3.8, 4) is 0 Å². The highest BCUT2D eigenvalue weighted by molar-refractivity contribution is 5.57. The van der Waals surface area contributed by atoms with Crippen LogP contribution in [0.1, 0.15) is 18.9 Å². The van der Waals surface area contributed by atoms with E-state index in [0.29, 0.717) is 6.04 Å². The van der Waals surface area contributed by atoms with E-state index in [2.05, 4.69) is 55.3 Å². The normalized spacial score (nSPS) is 21.1. The number of aryl methyl sites for hydroxylation is 1. The molecule has 1 heterocycles. The quantitative estimate of drug-likeness (QED) is 0.630. The fourth-order valence-corrected chi connectivity index (χ4v) is 1.80. The van der Waals surface area contributed by atoms with Gasteiger partial charge in [0.05, 0.1) is 0 Å². The predicted octanol–water partition coefficient (Wildman–Crippen LogP) is 3.11. The van der Waals surface area contributed by atoms with Gasteiger partial charge in [0.1, 0.15) is 0 Å². The van der Waals surface area contributed by atoms with Crippen LogP contribution < -0.4 is 4.90 Å². The SMILES string of the molecule is Cc1ccccc1N1C=CC[C@H]1C. The second-order valence-electron chi connectivity index (χ2n) is 3.66. The second kappa shape index (κ2) is 3.25. The average Bonchev–Trinajstić information content (AvgIpc) is 2.52. The van der Waals surface area contributed by atoms with Crippen molar-refractivity contribution in [1.29, 1.82) is 0 Å². The molecule has 0 saturated carbocycles. The van der Waals surface area contributed by atoms with Gasteiger partial charge in [-0.05, 0) is 31.9 Å².